The number of carbonyl (C=O) groups excluding carboxylic acids is 2. The molecule has 2 amide bonds. The van der Waals surface area contributed by atoms with E-state index in [4.69, 9.17) is 4.74 Å². The van der Waals surface area contributed by atoms with Gasteiger partial charge in [0.2, 0.25) is 11.8 Å². The lowest BCUT2D eigenvalue weighted by Gasteiger charge is -2.40. The minimum absolute atomic E-state index is 0.0179. The van der Waals surface area contributed by atoms with Crippen LogP contribution in [-0.2, 0) is 20.7 Å². The monoisotopic (exact) mass is 495 g/mol. The summed E-state index contributed by atoms with van der Waals surface area (Å²) in [7, 11) is 0. The topological polar surface area (TPSA) is 90.9 Å². The maximum atomic E-state index is 13.0. The molecule has 3 aliphatic heterocycles. The summed E-state index contributed by atoms with van der Waals surface area (Å²) in [5.41, 5.74) is 4.34. The van der Waals surface area contributed by atoms with Crippen LogP contribution < -0.4 is 10.6 Å². The van der Waals surface area contributed by atoms with Crippen molar-refractivity contribution in [2.75, 3.05) is 31.3 Å². The van der Waals surface area contributed by atoms with E-state index in [0.717, 1.165) is 42.6 Å². The average Bonchev–Trinajstić information content (AvgIpc) is 3.38. The van der Waals surface area contributed by atoms with Crippen molar-refractivity contribution in [1.29, 1.82) is 0 Å². The van der Waals surface area contributed by atoms with Crippen LogP contribution in [-0.4, -0.2) is 59.9 Å². The molecule has 0 saturated carbocycles. The van der Waals surface area contributed by atoms with Gasteiger partial charge in [-0.25, -0.2) is 0 Å². The smallest absolute Gasteiger partial charge is 0.242 e. The van der Waals surface area contributed by atoms with Crippen LogP contribution in [0.3, 0.4) is 0 Å². The minimum atomic E-state index is -0.485. The van der Waals surface area contributed by atoms with Gasteiger partial charge < -0.3 is 25.4 Å². The van der Waals surface area contributed by atoms with Crippen molar-refractivity contribution in [2.24, 2.45) is 0 Å². The standard InChI is InChI=1S/C27H33N3O4S/c1-35-25-7-3-2-5-18(25)22-6-4-12-30(22)27(33)15-28-26(32)11-9-17-8-10-20-19(13-17)24-14-21(29-20)23(31)16-34-24/h2-3,5,7-8,10,13,21-24,29,31H,4,6,9,11-12,14-16H2,1H3,(H,28,32)/t21-,22+,23+,24-/m0/s1. The fourth-order valence-electron chi connectivity index (χ4n) is 5.48. The molecule has 2 aromatic rings. The van der Waals surface area contributed by atoms with Crippen molar-refractivity contribution < 1.29 is 19.4 Å². The molecule has 8 heteroatoms. The van der Waals surface area contributed by atoms with Gasteiger partial charge in [-0.15, -0.1) is 11.8 Å². The van der Waals surface area contributed by atoms with E-state index in [9.17, 15) is 14.7 Å². The Kier molecular flexibility index (Phi) is 7.32. The quantitative estimate of drug-likeness (QED) is 0.510. The van der Waals surface area contributed by atoms with Crippen LogP contribution in [0.1, 0.15) is 54.5 Å². The third-order valence-electron chi connectivity index (χ3n) is 7.35. The Morgan fingerprint density at radius 2 is 2.09 bits per heavy atom. The van der Waals surface area contributed by atoms with Crippen LogP contribution in [0, 0.1) is 0 Å². The maximum Gasteiger partial charge on any atom is 0.242 e. The van der Waals surface area contributed by atoms with E-state index in [2.05, 4.69) is 35.1 Å². The van der Waals surface area contributed by atoms with Crippen molar-refractivity contribution in [3.63, 3.8) is 0 Å². The van der Waals surface area contributed by atoms with Crippen molar-refractivity contribution in [1.82, 2.24) is 10.2 Å². The van der Waals surface area contributed by atoms with Gasteiger partial charge in [0.25, 0.3) is 0 Å². The van der Waals surface area contributed by atoms with E-state index < -0.39 is 6.10 Å². The van der Waals surface area contributed by atoms with Crippen molar-refractivity contribution in [3.8, 4) is 0 Å². The van der Waals surface area contributed by atoms with Crippen molar-refractivity contribution in [3.05, 3.63) is 59.2 Å². The molecule has 3 N–H and O–H groups in total. The molecule has 0 aliphatic carbocycles. The Bertz CT molecular complexity index is 1090. The molecule has 2 aromatic carbocycles. The molecule has 7 nitrogen and oxygen atoms in total. The predicted octanol–water partition coefficient (Wildman–Crippen LogP) is 3.44. The molecular weight excluding hydrogens is 462 g/mol. The summed E-state index contributed by atoms with van der Waals surface area (Å²) >= 11 is 1.70. The lowest BCUT2D eigenvalue weighted by molar-refractivity contribution is -0.133. The van der Waals surface area contributed by atoms with Crippen LogP contribution >= 0.6 is 11.8 Å². The fourth-order valence-corrected chi connectivity index (χ4v) is 6.13. The Labute approximate surface area is 210 Å². The predicted molar refractivity (Wildman–Crippen MR) is 136 cm³/mol. The number of benzene rings is 2. The number of aliphatic hydroxyl groups excluding tert-OH is 1. The van der Waals surface area contributed by atoms with Crippen molar-refractivity contribution >= 4 is 29.3 Å². The van der Waals surface area contributed by atoms with E-state index in [-0.39, 0.29) is 36.5 Å². The second-order valence-corrected chi connectivity index (χ2v) is 10.4. The number of hydrogen-bond donors (Lipinski definition) is 3. The molecule has 4 atom stereocenters. The van der Waals surface area contributed by atoms with Gasteiger partial charge in [0.05, 0.1) is 37.4 Å². The zero-order valence-electron chi connectivity index (χ0n) is 20.0. The zero-order chi connectivity index (χ0) is 24.4. The fraction of sp³-hybridized carbons (Fsp3) is 0.481. The zero-order valence-corrected chi connectivity index (χ0v) is 20.9. The molecule has 5 rings (SSSR count). The summed E-state index contributed by atoms with van der Waals surface area (Å²) in [6.45, 7) is 1.10. The van der Waals surface area contributed by atoms with Crippen LogP contribution in [0.5, 0.6) is 0 Å². The van der Waals surface area contributed by atoms with Gasteiger partial charge in [-0.05, 0) is 48.8 Å². The molecule has 3 aliphatic rings. The lowest BCUT2D eigenvalue weighted by atomic mass is 9.88. The van der Waals surface area contributed by atoms with E-state index in [1.807, 2.05) is 29.2 Å². The number of nitrogens with zero attached hydrogens (tertiary/aromatic N) is 1. The molecule has 35 heavy (non-hydrogen) atoms. The number of amides is 2. The summed E-state index contributed by atoms with van der Waals surface area (Å²) < 4.78 is 5.82. The van der Waals surface area contributed by atoms with Gasteiger partial charge in [0.15, 0.2) is 0 Å². The number of aryl methyl sites for hydroxylation is 1. The van der Waals surface area contributed by atoms with Gasteiger partial charge >= 0.3 is 0 Å². The van der Waals surface area contributed by atoms with E-state index >= 15 is 0 Å². The highest BCUT2D eigenvalue weighted by Crippen LogP contribution is 2.40. The number of aliphatic hydroxyl groups is 1. The number of rotatable bonds is 7. The first-order chi connectivity index (χ1) is 17.0. The number of hydrogen-bond acceptors (Lipinski definition) is 6. The third-order valence-corrected chi connectivity index (χ3v) is 8.16. The SMILES string of the molecule is CSc1ccccc1[C@H]1CCCN1C(=O)CNC(=O)CCc1ccc2c(c1)[C@@H]1C[C@H](N2)[C@H](O)CO1. The molecule has 0 radical (unpaired) electrons. The Balaban J connectivity index is 1.14. The van der Waals surface area contributed by atoms with Gasteiger partial charge in [-0.2, -0.15) is 0 Å². The first-order valence-corrected chi connectivity index (χ1v) is 13.6. The van der Waals surface area contributed by atoms with Gasteiger partial charge in [0.1, 0.15) is 0 Å². The molecule has 3 heterocycles. The Morgan fingerprint density at radius 1 is 1.23 bits per heavy atom. The number of carbonyl (C=O) groups is 2. The number of likely N-dealkylation sites (tertiary alicyclic amines) is 1. The highest BCUT2D eigenvalue weighted by molar-refractivity contribution is 7.98. The molecule has 0 unspecified atom stereocenters. The van der Waals surface area contributed by atoms with Crippen LogP contribution in [0.15, 0.2) is 47.4 Å². The largest absolute Gasteiger partial charge is 0.389 e. The lowest BCUT2D eigenvalue weighted by Crippen LogP contribution is -2.45. The number of anilines is 1. The average molecular weight is 496 g/mol. The van der Waals surface area contributed by atoms with Crippen LogP contribution in [0.25, 0.3) is 0 Å². The molecule has 186 valence electrons. The minimum Gasteiger partial charge on any atom is -0.389 e. The Morgan fingerprint density at radius 3 is 2.94 bits per heavy atom. The molecule has 0 aromatic heterocycles. The van der Waals surface area contributed by atoms with Gasteiger partial charge in [-0.3, -0.25) is 9.59 Å². The summed E-state index contributed by atoms with van der Waals surface area (Å²) in [5, 5.41) is 16.3. The number of nitrogens with one attached hydrogen (secondary N) is 2. The number of ether oxygens (including phenoxy) is 1. The first kappa shape index (κ1) is 24.2. The molecule has 2 saturated heterocycles. The van der Waals surface area contributed by atoms with Gasteiger partial charge in [-0.1, -0.05) is 30.3 Å². The number of thioether (sulfide) groups is 1. The number of fused-ring (bicyclic) bond motifs is 4. The van der Waals surface area contributed by atoms with Crippen molar-refractivity contribution in [2.45, 2.75) is 61.3 Å². The second-order valence-electron chi connectivity index (χ2n) is 9.56. The second kappa shape index (κ2) is 10.6. The van der Waals surface area contributed by atoms with E-state index in [1.54, 1.807) is 11.8 Å². The van der Waals surface area contributed by atoms with Gasteiger partial charge in [0, 0.05) is 35.5 Å². The summed E-state index contributed by atoms with van der Waals surface area (Å²) in [4.78, 5) is 28.6. The molecular formula is C27H33N3O4S. The van der Waals surface area contributed by atoms with Crippen LogP contribution in [0.4, 0.5) is 5.69 Å². The maximum absolute atomic E-state index is 13.0. The first-order valence-electron chi connectivity index (χ1n) is 12.4. The Hall–Kier alpha value is -2.55. The molecule has 0 spiro atoms. The molecule has 2 fully saturated rings. The summed E-state index contributed by atoms with van der Waals surface area (Å²) in [6, 6.07) is 14.5. The third kappa shape index (κ3) is 5.20. The normalized spacial score (nSPS) is 25.0. The van der Waals surface area contributed by atoms with E-state index in [0.29, 0.717) is 19.4 Å². The molecule has 2 bridgehead atoms. The van der Waals surface area contributed by atoms with Crippen LogP contribution in [0.2, 0.25) is 0 Å². The highest BCUT2D eigenvalue weighted by Gasteiger charge is 2.36. The highest BCUT2D eigenvalue weighted by atomic mass is 32.2. The van der Waals surface area contributed by atoms with E-state index in [1.165, 1.54) is 10.5 Å². The summed E-state index contributed by atoms with van der Waals surface area (Å²) in [6.07, 6.45) is 5.16. The summed E-state index contributed by atoms with van der Waals surface area (Å²) in [5.74, 6) is -0.144.